The summed E-state index contributed by atoms with van der Waals surface area (Å²) in [4.78, 5) is 10.5. The average Bonchev–Trinajstić information content (AvgIpc) is 3.89. The number of phenolic OH excluding ortho intramolecular Hbond substituents is 1. The molecule has 0 saturated heterocycles. The maximum atomic E-state index is 11.2. The van der Waals surface area contributed by atoms with Crippen molar-refractivity contribution in [3.63, 3.8) is 0 Å². The van der Waals surface area contributed by atoms with Crippen molar-refractivity contribution < 1.29 is 26.2 Å². The summed E-state index contributed by atoms with van der Waals surface area (Å²) in [7, 11) is 0. The summed E-state index contributed by atoms with van der Waals surface area (Å²) in [5.74, 6) is 0.831. The average molecular weight is 993 g/mol. The number of fused-ring (bicyclic) bond motifs is 4. The predicted molar refractivity (Wildman–Crippen MR) is 254 cm³/mol. The molecule has 3 heterocycles. The van der Waals surface area contributed by atoms with Crippen LogP contribution in [0.2, 0.25) is 0 Å². The fourth-order valence-electron chi connectivity index (χ4n) is 9.05. The molecular weight excluding hydrogens is 952 g/mol. The normalized spacial score (nSPS) is 11.6. The Morgan fingerprint density at radius 2 is 1.13 bits per heavy atom. The van der Waals surface area contributed by atoms with Gasteiger partial charge >= 0.3 is 0 Å². The number of aromatic nitrogens is 4. The van der Waals surface area contributed by atoms with Crippen molar-refractivity contribution in [2.75, 3.05) is 0 Å². The van der Waals surface area contributed by atoms with Crippen LogP contribution in [-0.4, -0.2) is 24.2 Å². The third-order valence-electron chi connectivity index (χ3n) is 12.3. The smallest absolute Gasteiger partial charge is 0.148 e. The quantitative estimate of drug-likeness (QED) is 0.154. The minimum absolute atomic E-state index is 0. The van der Waals surface area contributed by atoms with Crippen LogP contribution >= 0.6 is 0 Å². The topological polar surface area (TPSA) is 55.9 Å². The van der Waals surface area contributed by atoms with Crippen LogP contribution < -0.4 is 0 Å². The number of pyridine rings is 1. The van der Waals surface area contributed by atoms with E-state index in [2.05, 4.69) is 187 Å². The number of hydrogen-bond acceptors (Lipinski definition) is 3. The van der Waals surface area contributed by atoms with Gasteiger partial charge in [-0.1, -0.05) is 170 Å². The van der Waals surface area contributed by atoms with E-state index >= 15 is 0 Å². The number of nitrogens with zero attached hydrogens (tertiary/aromatic N) is 4. The summed E-state index contributed by atoms with van der Waals surface area (Å²) >= 11 is 0. The van der Waals surface area contributed by atoms with E-state index in [1.165, 1.54) is 11.1 Å². The van der Waals surface area contributed by atoms with Crippen LogP contribution in [0.1, 0.15) is 25.0 Å². The molecule has 0 aliphatic rings. The molecule has 0 spiro atoms. The standard InChI is InChI=1S/C57H41N4O.Pt/c1-57(2,41-17-6-3-7-18-41)42-31-29-38(30-32-42)39-33-34-58-50(37-39)49-36-40(35-48-46-23-12-14-26-51(46)60(55(48)49)43-19-8-4-9-20-43)45-25-16-27-52-54(45)59-56(47-24-13-15-28-53(47)62)61(52)44-21-10-5-11-22-44;/h3-35,37,62H,1-2H3;/q-1;. The third kappa shape index (κ3) is 6.86. The van der Waals surface area contributed by atoms with Gasteiger partial charge in [-0.15, -0.1) is 17.7 Å². The first kappa shape index (κ1) is 39.8. The first-order chi connectivity index (χ1) is 30.4. The number of phenols is 1. The minimum atomic E-state index is -0.142. The van der Waals surface area contributed by atoms with E-state index in [0.29, 0.717) is 11.4 Å². The molecule has 1 N–H and O–H groups in total. The van der Waals surface area contributed by atoms with Gasteiger partial charge in [0.2, 0.25) is 0 Å². The maximum Gasteiger partial charge on any atom is 0.148 e. The fraction of sp³-hybridized carbons (Fsp3) is 0.0526. The SMILES string of the molecule is CC(C)(c1ccccc1)c1ccc(-c2ccnc(-c3[c-]c(-c4cccc5c4nc(-c4ccccc4O)n5-c4ccccc4)cc4c5ccccc5n(-c5ccccc5)c34)c2)cc1.[Pt]. The Morgan fingerprint density at radius 1 is 0.524 bits per heavy atom. The minimum Gasteiger partial charge on any atom is -0.507 e. The second-order valence-corrected chi connectivity index (χ2v) is 16.3. The molecule has 63 heavy (non-hydrogen) atoms. The fourth-order valence-corrected chi connectivity index (χ4v) is 9.05. The molecule has 0 aliphatic carbocycles. The number of hydrogen-bond donors (Lipinski definition) is 1. The van der Waals surface area contributed by atoms with Crippen molar-refractivity contribution in [2.45, 2.75) is 19.3 Å². The molecule has 0 bridgehead atoms. The zero-order valence-corrected chi connectivity index (χ0v) is 37.0. The molecule has 0 unspecified atom stereocenters. The van der Waals surface area contributed by atoms with E-state index in [-0.39, 0.29) is 32.2 Å². The molecule has 11 rings (SSSR count). The van der Waals surface area contributed by atoms with Crippen molar-refractivity contribution >= 4 is 32.8 Å². The molecule has 8 aromatic carbocycles. The summed E-state index contributed by atoms with van der Waals surface area (Å²) in [5.41, 5.74) is 14.7. The zero-order valence-electron chi connectivity index (χ0n) is 34.7. The van der Waals surface area contributed by atoms with Crippen LogP contribution in [0.3, 0.4) is 0 Å². The molecule has 0 amide bonds. The Hall–Kier alpha value is -7.33. The first-order valence-corrected chi connectivity index (χ1v) is 21.0. The van der Waals surface area contributed by atoms with Gasteiger partial charge in [0.15, 0.2) is 0 Å². The van der Waals surface area contributed by atoms with Gasteiger partial charge in [0, 0.05) is 55.3 Å². The molecule has 306 valence electrons. The number of para-hydroxylation sites is 5. The van der Waals surface area contributed by atoms with Crippen LogP contribution in [0, 0.1) is 6.07 Å². The van der Waals surface area contributed by atoms with Gasteiger partial charge < -0.3 is 9.67 Å². The second kappa shape index (κ2) is 16.2. The van der Waals surface area contributed by atoms with Crippen LogP contribution in [0.5, 0.6) is 5.75 Å². The maximum absolute atomic E-state index is 11.2. The molecule has 0 saturated carbocycles. The van der Waals surface area contributed by atoms with E-state index in [9.17, 15) is 5.11 Å². The summed E-state index contributed by atoms with van der Waals surface area (Å²) in [6.45, 7) is 4.56. The number of rotatable bonds is 8. The Labute approximate surface area is 380 Å². The summed E-state index contributed by atoms with van der Waals surface area (Å²) in [6.07, 6.45) is 1.91. The van der Waals surface area contributed by atoms with Gasteiger partial charge in [-0.25, -0.2) is 4.98 Å². The Kier molecular flexibility index (Phi) is 10.2. The second-order valence-electron chi connectivity index (χ2n) is 16.3. The Bertz CT molecular complexity index is 3430. The molecule has 11 aromatic rings. The van der Waals surface area contributed by atoms with E-state index in [0.717, 1.165) is 77.7 Å². The van der Waals surface area contributed by atoms with E-state index < -0.39 is 0 Å². The van der Waals surface area contributed by atoms with Gasteiger partial charge in [0.25, 0.3) is 0 Å². The van der Waals surface area contributed by atoms with Crippen molar-refractivity contribution in [2.24, 2.45) is 0 Å². The number of imidazole rings is 1. The largest absolute Gasteiger partial charge is 0.507 e. The summed E-state index contributed by atoms with van der Waals surface area (Å²) in [5, 5.41) is 13.4. The van der Waals surface area contributed by atoms with E-state index in [1.54, 1.807) is 6.07 Å². The predicted octanol–water partition coefficient (Wildman–Crippen LogP) is 14.0. The van der Waals surface area contributed by atoms with Gasteiger partial charge in [-0.2, -0.15) is 0 Å². The molecular formula is C57H41N4OPt-. The van der Waals surface area contributed by atoms with Crippen LogP contribution in [0.15, 0.2) is 206 Å². The van der Waals surface area contributed by atoms with Gasteiger partial charge in [0.1, 0.15) is 11.6 Å². The van der Waals surface area contributed by atoms with E-state index in [4.69, 9.17) is 9.97 Å². The monoisotopic (exact) mass is 992 g/mol. The Morgan fingerprint density at radius 3 is 1.86 bits per heavy atom. The molecule has 0 atom stereocenters. The molecule has 0 radical (unpaired) electrons. The molecule has 6 heteroatoms. The van der Waals surface area contributed by atoms with Crippen molar-refractivity contribution in [1.82, 2.24) is 19.1 Å². The van der Waals surface area contributed by atoms with E-state index in [1.807, 2.05) is 42.6 Å². The van der Waals surface area contributed by atoms with Gasteiger partial charge in [-0.05, 0) is 87.8 Å². The Balaban J connectivity index is 0.00000471. The number of aromatic hydroxyl groups is 1. The molecule has 0 fully saturated rings. The van der Waals surface area contributed by atoms with Gasteiger partial charge in [-0.3, -0.25) is 9.55 Å². The van der Waals surface area contributed by atoms with Crippen LogP contribution in [-0.2, 0) is 26.5 Å². The summed E-state index contributed by atoms with van der Waals surface area (Å²) < 4.78 is 4.47. The van der Waals surface area contributed by atoms with Crippen molar-refractivity contribution in [3.05, 3.63) is 224 Å². The van der Waals surface area contributed by atoms with Crippen molar-refractivity contribution in [3.8, 4) is 62.0 Å². The zero-order chi connectivity index (χ0) is 41.8. The van der Waals surface area contributed by atoms with Crippen LogP contribution in [0.4, 0.5) is 0 Å². The van der Waals surface area contributed by atoms with Crippen LogP contribution in [0.25, 0.3) is 89.1 Å². The first-order valence-electron chi connectivity index (χ1n) is 21.0. The van der Waals surface area contributed by atoms with Gasteiger partial charge in [0.05, 0.1) is 16.6 Å². The van der Waals surface area contributed by atoms with Crippen molar-refractivity contribution in [1.29, 1.82) is 0 Å². The molecule has 5 nitrogen and oxygen atoms in total. The number of benzene rings is 8. The summed E-state index contributed by atoms with van der Waals surface area (Å²) in [6, 6.07) is 73.2. The molecule has 0 aliphatic heterocycles. The molecule has 3 aromatic heterocycles. The third-order valence-corrected chi connectivity index (χ3v) is 12.3.